The molecule has 4 heteroatoms. The van der Waals surface area contributed by atoms with Crippen LogP contribution in [0.25, 0.3) is 11.0 Å². The molecule has 0 saturated heterocycles. The Kier molecular flexibility index (Phi) is 2.18. The lowest BCUT2D eigenvalue weighted by Gasteiger charge is -2.01. The number of aromatic nitrogens is 2. The van der Waals surface area contributed by atoms with E-state index < -0.39 is 0 Å². The summed E-state index contributed by atoms with van der Waals surface area (Å²) in [7, 11) is 1.39. The maximum absolute atomic E-state index is 11.5. The van der Waals surface area contributed by atoms with Gasteiger partial charge in [-0.25, -0.2) is 9.78 Å². The van der Waals surface area contributed by atoms with Crippen LogP contribution in [-0.4, -0.2) is 23.0 Å². The number of aryl methyl sites for hydroxylation is 1. The Bertz CT molecular complexity index is 597. The summed E-state index contributed by atoms with van der Waals surface area (Å²) in [5, 5.41) is 0. The molecular weight excluding hydrogens is 216 g/mol. The van der Waals surface area contributed by atoms with Crippen LogP contribution in [-0.2, 0) is 4.74 Å². The third kappa shape index (κ3) is 1.69. The summed E-state index contributed by atoms with van der Waals surface area (Å²) in [6.45, 7) is 1.96. The molecule has 0 amide bonds. The van der Waals surface area contributed by atoms with Gasteiger partial charge in [0.1, 0.15) is 5.82 Å². The van der Waals surface area contributed by atoms with Crippen molar-refractivity contribution >= 4 is 17.0 Å². The average Bonchev–Trinajstić information content (AvgIpc) is 3.08. The van der Waals surface area contributed by atoms with Crippen molar-refractivity contribution in [3.63, 3.8) is 0 Å². The van der Waals surface area contributed by atoms with Gasteiger partial charge in [-0.2, -0.15) is 0 Å². The first-order valence-electron chi connectivity index (χ1n) is 5.77. The molecule has 1 fully saturated rings. The van der Waals surface area contributed by atoms with Crippen LogP contribution in [0.3, 0.4) is 0 Å². The van der Waals surface area contributed by atoms with Gasteiger partial charge in [0.15, 0.2) is 0 Å². The summed E-state index contributed by atoms with van der Waals surface area (Å²) in [6, 6.07) is 3.64. The van der Waals surface area contributed by atoms with Crippen molar-refractivity contribution in [2.75, 3.05) is 7.11 Å². The normalized spacial score (nSPS) is 15.2. The summed E-state index contributed by atoms with van der Waals surface area (Å²) < 4.78 is 4.73. The molecule has 0 spiro atoms. The Balaban J connectivity index is 2.14. The van der Waals surface area contributed by atoms with Gasteiger partial charge < -0.3 is 9.72 Å². The molecule has 1 saturated carbocycles. The number of ether oxygens (including phenoxy) is 1. The molecule has 2 aromatic rings. The highest BCUT2D eigenvalue weighted by molar-refractivity contribution is 5.94. The molecule has 0 radical (unpaired) electrons. The zero-order valence-electron chi connectivity index (χ0n) is 9.91. The number of aromatic amines is 1. The summed E-state index contributed by atoms with van der Waals surface area (Å²) in [5.74, 6) is 1.33. The molecule has 0 atom stereocenters. The first-order chi connectivity index (χ1) is 8.19. The standard InChI is InChI=1S/C13H14N2O2/c1-7-5-9(13(16)17-2)6-10-11(7)15-12(14-10)8-3-4-8/h5-6,8H,3-4H2,1-2H3,(H,14,15). The topological polar surface area (TPSA) is 55.0 Å². The molecule has 0 aliphatic heterocycles. The number of H-pyrrole nitrogens is 1. The summed E-state index contributed by atoms with van der Waals surface area (Å²) in [4.78, 5) is 19.4. The second-order valence-electron chi connectivity index (χ2n) is 4.58. The maximum Gasteiger partial charge on any atom is 0.337 e. The predicted molar refractivity (Wildman–Crippen MR) is 64.1 cm³/mol. The van der Waals surface area contributed by atoms with Gasteiger partial charge in [-0.15, -0.1) is 0 Å². The molecule has 0 unspecified atom stereocenters. The van der Waals surface area contributed by atoms with E-state index in [-0.39, 0.29) is 5.97 Å². The first-order valence-corrected chi connectivity index (χ1v) is 5.77. The SMILES string of the molecule is COC(=O)c1cc(C)c2nc(C3CC3)[nH]c2c1. The number of carbonyl (C=O) groups excluding carboxylic acids is 1. The molecule has 17 heavy (non-hydrogen) atoms. The Morgan fingerprint density at radius 1 is 1.47 bits per heavy atom. The highest BCUT2D eigenvalue weighted by Crippen LogP contribution is 2.39. The fourth-order valence-electron chi connectivity index (χ4n) is 2.10. The molecule has 1 aromatic heterocycles. The predicted octanol–water partition coefficient (Wildman–Crippen LogP) is 2.54. The molecule has 0 bridgehead atoms. The van der Waals surface area contributed by atoms with E-state index in [1.165, 1.54) is 20.0 Å². The third-order valence-electron chi connectivity index (χ3n) is 3.18. The third-order valence-corrected chi connectivity index (χ3v) is 3.18. The van der Waals surface area contributed by atoms with E-state index in [1.54, 1.807) is 0 Å². The Labute approximate surface area is 99.0 Å². The van der Waals surface area contributed by atoms with Crippen LogP contribution in [0.1, 0.15) is 40.5 Å². The maximum atomic E-state index is 11.5. The van der Waals surface area contributed by atoms with Crippen LogP contribution < -0.4 is 0 Å². The Morgan fingerprint density at radius 2 is 2.24 bits per heavy atom. The van der Waals surface area contributed by atoms with Crippen molar-refractivity contribution in [3.8, 4) is 0 Å². The van der Waals surface area contributed by atoms with E-state index in [9.17, 15) is 4.79 Å². The largest absolute Gasteiger partial charge is 0.465 e. The number of rotatable bonds is 2. The van der Waals surface area contributed by atoms with E-state index >= 15 is 0 Å². The van der Waals surface area contributed by atoms with Gasteiger partial charge in [-0.1, -0.05) is 0 Å². The van der Waals surface area contributed by atoms with Crippen molar-refractivity contribution in [1.29, 1.82) is 0 Å². The Morgan fingerprint density at radius 3 is 2.88 bits per heavy atom. The fourth-order valence-corrected chi connectivity index (χ4v) is 2.10. The number of benzene rings is 1. The van der Waals surface area contributed by atoms with Crippen LogP contribution in [0.4, 0.5) is 0 Å². The van der Waals surface area contributed by atoms with E-state index in [1.807, 2.05) is 19.1 Å². The van der Waals surface area contributed by atoms with E-state index in [2.05, 4.69) is 9.97 Å². The van der Waals surface area contributed by atoms with Gasteiger partial charge in [-0.05, 0) is 37.5 Å². The summed E-state index contributed by atoms with van der Waals surface area (Å²) >= 11 is 0. The van der Waals surface area contributed by atoms with Gasteiger partial charge in [0, 0.05) is 5.92 Å². The molecule has 4 nitrogen and oxygen atoms in total. The fraction of sp³-hybridized carbons (Fsp3) is 0.385. The van der Waals surface area contributed by atoms with Crippen molar-refractivity contribution in [2.24, 2.45) is 0 Å². The monoisotopic (exact) mass is 230 g/mol. The molecule has 1 aliphatic carbocycles. The number of hydrogen-bond acceptors (Lipinski definition) is 3. The number of methoxy groups -OCH3 is 1. The van der Waals surface area contributed by atoms with Crippen molar-refractivity contribution in [3.05, 3.63) is 29.1 Å². The molecule has 3 rings (SSSR count). The minimum absolute atomic E-state index is 0.308. The number of imidazole rings is 1. The van der Waals surface area contributed by atoms with Crippen LogP contribution >= 0.6 is 0 Å². The van der Waals surface area contributed by atoms with Crippen LogP contribution in [0, 0.1) is 6.92 Å². The zero-order valence-corrected chi connectivity index (χ0v) is 9.91. The average molecular weight is 230 g/mol. The van der Waals surface area contributed by atoms with Crippen LogP contribution in [0.5, 0.6) is 0 Å². The summed E-state index contributed by atoms with van der Waals surface area (Å²) in [6.07, 6.45) is 2.42. The van der Waals surface area contributed by atoms with E-state index in [4.69, 9.17) is 4.74 Å². The highest BCUT2D eigenvalue weighted by Gasteiger charge is 2.27. The molecule has 88 valence electrons. The smallest absolute Gasteiger partial charge is 0.337 e. The molecule has 1 aliphatic rings. The number of nitrogens with zero attached hydrogens (tertiary/aromatic N) is 1. The van der Waals surface area contributed by atoms with E-state index in [0.717, 1.165) is 22.4 Å². The summed E-state index contributed by atoms with van der Waals surface area (Å²) in [5.41, 5.74) is 3.46. The number of carbonyl (C=O) groups is 1. The van der Waals surface area contributed by atoms with Crippen LogP contribution in [0.2, 0.25) is 0 Å². The minimum Gasteiger partial charge on any atom is -0.465 e. The molecule has 1 heterocycles. The minimum atomic E-state index is -0.308. The van der Waals surface area contributed by atoms with Gasteiger partial charge >= 0.3 is 5.97 Å². The number of fused-ring (bicyclic) bond motifs is 1. The number of nitrogens with one attached hydrogen (secondary N) is 1. The Hall–Kier alpha value is -1.84. The van der Waals surface area contributed by atoms with Gasteiger partial charge in [0.2, 0.25) is 0 Å². The lowest BCUT2D eigenvalue weighted by molar-refractivity contribution is 0.0601. The first kappa shape index (κ1) is 10.3. The quantitative estimate of drug-likeness (QED) is 0.806. The van der Waals surface area contributed by atoms with Gasteiger partial charge in [0.25, 0.3) is 0 Å². The second kappa shape index (κ2) is 3.58. The number of esters is 1. The lowest BCUT2D eigenvalue weighted by atomic mass is 10.1. The molecule has 1 aromatic carbocycles. The second-order valence-corrected chi connectivity index (χ2v) is 4.58. The van der Waals surface area contributed by atoms with Crippen molar-refractivity contribution < 1.29 is 9.53 Å². The van der Waals surface area contributed by atoms with Crippen molar-refractivity contribution in [1.82, 2.24) is 9.97 Å². The zero-order chi connectivity index (χ0) is 12.0. The van der Waals surface area contributed by atoms with Gasteiger partial charge in [-0.3, -0.25) is 0 Å². The molecular formula is C13H14N2O2. The van der Waals surface area contributed by atoms with Crippen molar-refractivity contribution in [2.45, 2.75) is 25.7 Å². The highest BCUT2D eigenvalue weighted by atomic mass is 16.5. The van der Waals surface area contributed by atoms with E-state index in [0.29, 0.717) is 11.5 Å². The van der Waals surface area contributed by atoms with Gasteiger partial charge in [0.05, 0.1) is 23.7 Å². The lowest BCUT2D eigenvalue weighted by Crippen LogP contribution is -2.01. The molecule has 1 N–H and O–H groups in total. The number of hydrogen-bond donors (Lipinski definition) is 1. The van der Waals surface area contributed by atoms with Crippen LogP contribution in [0.15, 0.2) is 12.1 Å².